The maximum atomic E-state index is 12.3. The van der Waals surface area contributed by atoms with Crippen molar-refractivity contribution in [2.45, 2.75) is 0 Å². The molecule has 2 aromatic rings. The summed E-state index contributed by atoms with van der Waals surface area (Å²) < 4.78 is 16.9. The lowest BCUT2D eigenvalue weighted by molar-refractivity contribution is -0.115. The first-order chi connectivity index (χ1) is 13.0. The summed E-state index contributed by atoms with van der Waals surface area (Å²) in [6.45, 7) is 0. The number of thioether (sulfide) groups is 1. The molecule has 1 heterocycles. The molecule has 0 saturated carbocycles. The predicted octanol–water partition coefficient (Wildman–Crippen LogP) is 4.37. The third kappa shape index (κ3) is 4.28. The molecule has 0 atom stereocenters. The molecular weight excluding hydrogens is 432 g/mol. The van der Waals surface area contributed by atoms with E-state index >= 15 is 0 Å². The van der Waals surface area contributed by atoms with Gasteiger partial charge in [-0.15, -0.1) is 0 Å². The van der Waals surface area contributed by atoms with Gasteiger partial charge in [-0.2, -0.15) is 0 Å². The van der Waals surface area contributed by atoms with E-state index in [4.69, 9.17) is 14.2 Å². The fourth-order valence-corrected chi connectivity index (χ4v) is 3.68. The van der Waals surface area contributed by atoms with Crippen molar-refractivity contribution in [3.05, 3.63) is 51.3 Å². The highest BCUT2D eigenvalue weighted by Crippen LogP contribution is 2.39. The molecule has 1 aliphatic rings. The summed E-state index contributed by atoms with van der Waals surface area (Å²) in [5, 5.41) is 3.30. The van der Waals surface area contributed by atoms with Gasteiger partial charge in [0.05, 0.1) is 31.9 Å². The van der Waals surface area contributed by atoms with Gasteiger partial charge in [-0.3, -0.25) is 4.79 Å². The summed E-state index contributed by atoms with van der Waals surface area (Å²) in [7, 11) is 4.64. The molecule has 0 bridgehead atoms. The van der Waals surface area contributed by atoms with Crippen LogP contribution >= 0.6 is 27.7 Å². The van der Waals surface area contributed by atoms with Crippen molar-refractivity contribution in [3.63, 3.8) is 0 Å². The fraction of sp³-hybridized carbons (Fsp3) is 0.158. The number of ether oxygens (including phenoxy) is 3. The van der Waals surface area contributed by atoms with Gasteiger partial charge in [0.2, 0.25) is 5.75 Å². The number of aliphatic imine (C=N–C) groups is 1. The van der Waals surface area contributed by atoms with Gasteiger partial charge < -0.3 is 19.5 Å². The Balaban J connectivity index is 1.92. The molecule has 27 heavy (non-hydrogen) atoms. The Labute approximate surface area is 169 Å². The quantitative estimate of drug-likeness (QED) is 0.687. The van der Waals surface area contributed by atoms with E-state index in [-0.39, 0.29) is 5.91 Å². The van der Waals surface area contributed by atoms with Gasteiger partial charge in [0.1, 0.15) is 0 Å². The summed E-state index contributed by atoms with van der Waals surface area (Å²) >= 11 is 4.72. The summed E-state index contributed by atoms with van der Waals surface area (Å²) in [6, 6.07) is 11.1. The molecule has 3 rings (SSSR count). The molecule has 0 radical (unpaired) electrons. The predicted molar refractivity (Wildman–Crippen MR) is 111 cm³/mol. The van der Waals surface area contributed by atoms with Gasteiger partial charge in [-0.05, 0) is 63.6 Å². The highest BCUT2D eigenvalue weighted by atomic mass is 79.9. The number of hydrogen-bond acceptors (Lipinski definition) is 6. The Kier molecular flexibility index (Phi) is 6.08. The average molecular weight is 449 g/mol. The molecule has 1 N–H and O–H groups in total. The smallest absolute Gasteiger partial charge is 0.264 e. The fourth-order valence-electron chi connectivity index (χ4n) is 2.47. The second-order valence-electron chi connectivity index (χ2n) is 5.39. The van der Waals surface area contributed by atoms with Crippen LogP contribution in [-0.4, -0.2) is 32.4 Å². The molecule has 140 valence electrons. The topological polar surface area (TPSA) is 69.2 Å². The molecule has 1 aliphatic heterocycles. The van der Waals surface area contributed by atoms with Gasteiger partial charge in [-0.1, -0.05) is 12.1 Å². The number of hydrogen-bond donors (Lipinski definition) is 1. The molecule has 1 fully saturated rings. The molecule has 1 amide bonds. The Morgan fingerprint density at radius 2 is 1.74 bits per heavy atom. The van der Waals surface area contributed by atoms with Crippen molar-refractivity contribution in [1.82, 2.24) is 5.32 Å². The molecule has 6 nitrogen and oxygen atoms in total. The van der Waals surface area contributed by atoms with E-state index in [1.54, 1.807) is 39.5 Å². The molecule has 1 saturated heterocycles. The first-order valence-electron chi connectivity index (χ1n) is 7.90. The largest absolute Gasteiger partial charge is 0.493 e. The van der Waals surface area contributed by atoms with Crippen LogP contribution in [0.25, 0.3) is 6.08 Å². The zero-order chi connectivity index (χ0) is 19.4. The van der Waals surface area contributed by atoms with Crippen LogP contribution in [0.1, 0.15) is 5.56 Å². The lowest BCUT2D eigenvalue weighted by atomic mass is 10.1. The van der Waals surface area contributed by atoms with E-state index in [0.29, 0.717) is 27.3 Å². The first kappa shape index (κ1) is 19.3. The van der Waals surface area contributed by atoms with Crippen molar-refractivity contribution in [1.29, 1.82) is 0 Å². The Hall–Kier alpha value is -2.45. The van der Waals surface area contributed by atoms with E-state index in [2.05, 4.69) is 26.2 Å². The van der Waals surface area contributed by atoms with Crippen LogP contribution in [-0.2, 0) is 4.79 Å². The lowest BCUT2D eigenvalue weighted by Crippen LogP contribution is -2.19. The van der Waals surface area contributed by atoms with Crippen LogP contribution in [0.2, 0.25) is 0 Å². The van der Waals surface area contributed by atoms with E-state index in [0.717, 1.165) is 15.7 Å². The van der Waals surface area contributed by atoms with Crippen molar-refractivity contribution in [2.24, 2.45) is 4.99 Å². The Bertz CT molecular complexity index is 918. The number of nitrogens with one attached hydrogen (secondary N) is 1. The van der Waals surface area contributed by atoms with Crippen molar-refractivity contribution < 1.29 is 19.0 Å². The number of benzene rings is 2. The third-order valence-corrected chi connectivity index (χ3v) is 5.29. The van der Waals surface area contributed by atoms with E-state index < -0.39 is 0 Å². The monoisotopic (exact) mass is 448 g/mol. The van der Waals surface area contributed by atoms with Crippen LogP contribution in [0.3, 0.4) is 0 Å². The zero-order valence-electron chi connectivity index (χ0n) is 14.9. The maximum Gasteiger partial charge on any atom is 0.264 e. The van der Waals surface area contributed by atoms with Gasteiger partial charge in [-0.25, -0.2) is 4.99 Å². The number of amidine groups is 1. The van der Waals surface area contributed by atoms with Crippen LogP contribution in [0, 0.1) is 0 Å². The van der Waals surface area contributed by atoms with Crippen molar-refractivity contribution in [3.8, 4) is 17.2 Å². The van der Waals surface area contributed by atoms with Crippen LogP contribution in [0.5, 0.6) is 17.2 Å². The van der Waals surface area contributed by atoms with Crippen LogP contribution in [0.4, 0.5) is 5.69 Å². The second kappa shape index (κ2) is 8.49. The molecule has 0 aliphatic carbocycles. The van der Waals surface area contributed by atoms with Crippen LogP contribution < -0.4 is 19.5 Å². The summed E-state index contributed by atoms with van der Waals surface area (Å²) in [4.78, 5) is 17.3. The van der Waals surface area contributed by atoms with Gasteiger partial charge >= 0.3 is 0 Å². The number of carbonyl (C=O) groups is 1. The standard InChI is InChI=1S/C19H17BrN2O4S/c1-24-14-8-11(9-15(25-2)17(14)26-3)10-16-18(23)22-19(27-16)21-13-7-5-4-6-12(13)20/h4-10H,1-3H3,(H,21,22,23). The molecular formula is C19H17BrN2O4S. The highest BCUT2D eigenvalue weighted by Gasteiger charge is 2.24. The van der Waals surface area contributed by atoms with E-state index in [1.807, 2.05) is 24.3 Å². The normalized spacial score (nSPS) is 16.5. The van der Waals surface area contributed by atoms with Gasteiger partial charge in [0, 0.05) is 4.47 Å². The second-order valence-corrected chi connectivity index (χ2v) is 7.28. The number of halogens is 1. The zero-order valence-corrected chi connectivity index (χ0v) is 17.3. The summed E-state index contributed by atoms with van der Waals surface area (Å²) in [5.41, 5.74) is 1.50. The molecule has 8 heteroatoms. The van der Waals surface area contributed by atoms with Crippen LogP contribution in [0.15, 0.2) is 50.8 Å². The van der Waals surface area contributed by atoms with E-state index in [1.165, 1.54) is 11.8 Å². The summed E-state index contributed by atoms with van der Waals surface area (Å²) in [6.07, 6.45) is 1.76. The molecule has 2 aromatic carbocycles. The average Bonchev–Trinajstić information content (AvgIpc) is 3.01. The number of nitrogens with zero attached hydrogens (tertiary/aromatic N) is 1. The van der Waals surface area contributed by atoms with Crippen molar-refractivity contribution >= 4 is 50.5 Å². The van der Waals surface area contributed by atoms with E-state index in [9.17, 15) is 4.79 Å². The number of carbonyl (C=O) groups excluding carboxylic acids is 1. The SMILES string of the molecule is COc1cc(C=C2SC(=Nc3ccccc3Br)NC2=O)cc(OC)c1OC. The number of rotatable bonds is 5. The number of methoxy groups -OCH3 is 3. The highest BCUT2D eigenvalue weighted by molar-refractivity contribution is 9.10. The molecule has 0 spiro atoms. The lowest BCUT2D eigenvalue weighted by Gasteiger charge is -2.12. The van der Waals surface area contributed by atoms with Crippen molar-refractivity contribution in [2.75, 3.05) is 21.3 Å². The minimum atomic E-state index is -0.209. The Morgan fingerprint density at radius 3 is 2.33 bits per heavy atom. The molecule has 0 unspecified atom stereocenters. The Morgan fingerprint density at radius 1 is 1.07 bits per heavy atom. The molecule has 0 aromatic heterocycles. The number of para-hydroxylation sites is 1. The summed E-state index contributed by atoms with van der Waals surface area (Å²) in [5.74, 6) is 1.34. The number of amides is 1. The minimum absolute atomic E-state index is 0.209. The minimum Gasteiger partial charge on any atom is -0.493 e. The maximum absolute atomic E-state index is 12.3. The van der Waals surface area contributed by atoms with Gasteiger partial charge in [0.25, 0.3) is 5.91 Å². The van der Waals surface area contributed by atoms with Gasteiger partial charge in [0.15, 0.2) is 16.7 Å². The third-order valence-electron chi connectivity index (χ3n) is 3.71. The first-order valence-corrected chi connectivity index (χ1v) is 9.50.